The standard InChI is InChI=1S/C23H37BrO4.C22H33BrO4/c1-5-19(26)28-21-17(24)12-16-20-15(7-9-23(16,21)3)22(2)8-6-14(27-4)10-13(22)11-18(20)25;1-12(24)27-20-17(23)11-16-19-15(6-8-22(16,20)3)21(2)7-5-14(26-4)9-13(21)10-18(19)25/h13-18,20-21,25H,5-12H2,1-4H3;10,14-20,25H,5-9,11H2,1-4H3/t13?,14-,15?,16?,17+,18-,20?,21-,22-,23-;14-,15?,16?,17+,18-,19?,20-,21-,22-/m00/s1. The summed E-state index contributed by atoms with van der Waals surface area (Å²) in [6.07, 6.45) is 16.3. The van der Waals surface area contributed by atoms with Gasteiger partial charge in [0.15, 0.2) is 0 Å². The van der Waals surface area contributed by atoms with Crippen LogP contribution in [-0.2, 0) is 28.5 Å². The van der Waals surface area contributed by atoms with Crippen molar-refractivity contribution in [2.75, 3.05) is 14.2 Å². The van der Waals surface area contributed by atoms with Gasteiger partial charge < -0.3 is 29.2 Å². The summed E-state index contributed by atoms with van der Waals surface area (Å²) >= 11 is 7.65. The fourth-order valence-electron chi connectivity index (χ4n) is 14.9. The van der Waals surface area contributed by atoms with E-state index in [1.807, 2.05) is 14.0 Å². The van der Waals surface area contributed by atoms with Crippen LogP contribution in [-0.4, -0.2) is 82.6 Å². The average molecular weight is 899 g/mol. The molecule has 2 N–H and O–H groups in total. The van der Waals surface area contributed by atoms with E-state index < -0.39 is 6.10 Å². The Balaban J connectivity index is 0.000000169. The van der Waals surface area contributed by atoms with Gasteiger partial charge in [-0.05, 0) is 136 Å². The van der Waals surface area contributed by atoms with Gasteiger partial charge in [0.2, 0.25) is 0 Å². The van der Waals surface area contributed by atoms with Crippen LogP contribution in [0.15, 0.2) is 11.6 Å². The number of carbonyl (C=O) groups excluding carboxylic acids is 2. The lowest BCUT2D eigenvalue weighted by atomic mass is 9.44. The highest BCUT2D eigenvalue weighted by Crippen LogP contribution is 2.68. The van der Waals surface area contributed by atoms with Crippen molar-refractivity contribution in [3.63, 3.8) is 0 Å². The van der Waals surface area contributed by atoms with E-state index >= 15 is 0 Å². The molecule has 0 spiro atoms. The van der Waals surface area contributed by atoms with Crippen molar-refractivity contribution in [1.29, 1.82) is 0 Å². The molecule has 7 saturated carbocycles. The molecule has 7 unspecified atom stereocenters. The molecule has 8 nitrogen and oxygen atoms in total. The second kappa shape index (κ2) is 15.8. The van der Waals surface area contributed by atoms with Gasteiger partial charge in [-0.2, -0.15) is 0 Å². The minimum atomic E-state index is -0.408. The molecule has 7 fully saturated rings. The van der Waals surface area contributed by atoms with E-state index in [1.54, 1.807) is 7.11 Å². The third kappa shape index (κ3) is 7.08. The smallest absolute Gasteiger partial charge is 0.305 e. The Morgan fingerprint density at radius 3 is 1.89 bits per heavy atom. The molecule has 8 aliphatic rings. The maximum absolute atomic E-state index is 12.1. The molecule has 0 aliphatic heterocycles. The van der Waals surface area contributed by atoms with Crippen molar-refractivity contribution in [3.05, 3.63) is 11.6 Å². The van der Waals surface area contributed by atoms with Crippen LogP contribution < -0.4 is 0 Å². The highest BCUT2D eigenvalue weighted by Gasteiger charge is 2.66. The van der Waals surface area contributed by atoms with Gasteiger partial charge in [-0.3, -0.25) is 9.59 Å². The van der Waals surface area contributed by atoms with Crippen molar-refractivity contribution in [2.24, 2.45) is 63.1 Å². The van der Waals surface area contributed by atoms with Crippen LogP contribution in [0.3, 0.4) is 0 Å². The van der Waals surface area contributed by atoms with Crippen molar-refractivity contribution in [1.82, 2.24) is 0 Å². The highest BCUT2D eigenvalue weighted by atomic mass is 79.9. The zero-order valence-electron chi connectivity index (χ0n) is 34.7. The van der Waals surface area contributed by atoms with Crippen molar-refractivity contribution < 1.29 is 38.7 Å². The number of ether oxygens (including phenoxy) is 4. The van der Waals surface area contributed by atoms with Crippen LogP contribution in [0.4, 0.5) is 0 Å². The molecule has 8 rings (SSSR count). The average Bonchev–Trinajstić information content (AvgIpc) is 3.55. The van der Waals surface area contributed by atoms with E-state index in [2.05, 4.69) is 65.6 Å². The number of esters is 2. The van der Waals surface area contributed by atoms with Gasteiger partial charge in [0.05, 0.1) is 34.1 Å². The number of aliphatic hydroxyl groups excluding tert-OH is 2. The van der Waals surface area contributed by atoms with Gasteiger partial charge in [0.25, 0.3) is 0 Å². The Bertz CT molecular complexity index is 1470. The normalized spacial score (nSPS) is 52.4. The van der Waals surface area contributed by atoms with E-state index in [0.29, 0.717) is 53.4 Å². The van der Waals surface area contributed by atoms with E-state index in [0.717, 1.165) is 77.0 Å². The third-order valence-electron chi connectivity index (χ3n) is 18.0. The summed E-state index contributed by atoms with van der Waals surface area (Å²) in [4.78, 5) is 24.1. The predicted molar refractivity (Wildman–Crippen MR) is 220 cm³/mol. The highest BCUT2D eigenvalue weighted by molar-refractivity contribution is 9.09. The number of carbonyl (C=O) groups is 2. The van der Waals surface area contributed by atoms with Crippen molar-refractivity contribution >= 4 is 43.8 Å². The summed E-state index contributed by atoms with van der Waals surface area (Å²) in [5, 5.41) is 22.5. The van der Waals surface area contributed by atoms with Gasteiger partial charge in [-0.1, -0.05) is 78.1 Å². The van der Waals surface area contributed by atoms with Crippen molar-refractivity contribution in [3.8, 4) is 0 Å². The number of hydrogen-bond acceptors (Lipinski definition) is 8. The fraction of sp³-hybridized carbons (Fsp3) is 0.911. The van der Waals surface area contributed by atoms with E-state index in [9.17, 15) is 19.8 Å². The zero-order valence-corrected chi connectivity index (χ0v) is 37.9. The number of hydrogen-bond donors (Lipinski definition) is 2. The van der Waals surface area contributed by atoms with Crippen LogP contribution in [0.2, 0.25) is 0 Å². The van der Waals surface area contributed by atoms with E-state index in [4.69, 9.17) is 18.9 Å². The first-order valence-corrected chi connectivity index (χ1v) is 23.6. The summed E-state index contributed by atoms with van der Waals surface area (Å²) in [5.41, 5.74) is 1.78. The quantitative estimate of drug-likeness (QED) is 0.160. The summed E-state index contributed by atoms with van der Waals surface area (Å²) in [7, 11) is 3.62. The molecule has 0 heterocycles. The number of alkyl halides is 2. The SMILES string of the molecule is CCC(=O)O[C@H]1[C@H](Br)CC2C3C(CC[C@@]21C)[C@@]1(C)CC[C@H](OC)CC1C[C@@H]3O.CO[C@H]1CC[C@@]2(C)C(=C[C@H](O)C3C2CC[C@@]2(C)C3C[C@@H](Br)[C@@H]2OC(C)=O)C1. The Morgan fingerprint density at radius 2 is 1.29 bits per heavy atom. The largest absolute Gasteiger partial charge is 0.461 e. The minimum absolute atomic E-state index is 0.0337. The molecule has 0 aromatic carbocycles. The number of aliphatic hydroxyl groups is 2. The maximum atomic E-state index is 12.1. The number of methoxy groups -OCH3 is 2. The number of halogens is 2. The molecule has 0 aromatic heterocycles. The molecular formula is C45H70Br2O8. The van der Waals surface area contributed by atoms with Gasteiger partial charge in [-0.15, -0.1) is 0 Å². The van der Waals surface area contributed by atoms with Gasteiger partial charge >= 0.3 is 11.9 Å². The zero-order chi connectivity index (χ0) is 39.8. The summed E-state index contributed by atoms with van der Waals surface area (Å²) < 4.78 is 23.0. The van der Waals surface area contributed by atoms with Crippen LogP contribution in [0.1, 0.15) is 131 Å². The molecule has 8 aliphatic carbocycles. The summed E-state index contributed by atoms with van der Waals surface area (Å²) in [6, 6.07) is 0. The predicted octanol–water partition coefficient (Wildman–Crippen LogP) is 8.95. The Labute approximate surface area is 347 Å². The topological polar surface area (TPSA) is 112 Å². The molecule has 0 saturated heterocycles. The second-order valence-corrected chi connectivity index (χ2v) is 22.7. The molecule has 55 heavy (non-hydrogen) atoms. The lowest BCUT2D eigenvalue weighted by Gasteiger charge is -2.62. The Kier molecular flexibility index (Phi) is 12.3. The Morgan fingerprint density at radius 1 is 0.727 bits per heavy atom. The molecule has 0 amide bonds. The molecule has 312 valence electrons. The first kappa shape index (κ1) is 42.6. The molecule has 0 bridgehead atoms. The van der Waals surface area contributed by atoms with Gasteiger partial charge in [-0.25, -0.2) is 0 Å². The van der Waals surface area contributed by atoms with Crippen molar-refractivity contribution in [2.45, 2.75) is 178 Å². The van der Waals surface area contributed by atoms with Crippen LogP contribution >= 0.6 is 31.9 Å². The fourth-order valence-corrected chi connectivity index (χ4v) is 17.1. The molecule has 0 aromatic rings. The van der Waals surface area contributed by atoms with E-state index in [1.165, 1.54) is 18.9 Å². The summed E-state index contributed by atoms with van der Waals surface area (Å²) in [5.74, 6) is 2.67. The van der Waals surface area contributed by atoms with Crippen LogP contribution in [0.25, 0.3) is 0 Å². The van der Waals surface area contributed by atoms with E-state index in [-0.39, 0.29) is 68.2 Å². The third-order valence-corrected chi connectivity index (χ3v) is 19.7. The molecular weight excluding hydrogens is 828 g/mol. The number of rotatable bonds is 5. The first-order chi connectivity index (χ1) is 25.9. The van der Waals surface area contributed by atoms with Gasteiger partial charge in [0.1, 0.15) is 12.2 Å². The minimum Gasteiger partial charge on any atom is -0.461 e. The monoisotopic (exact) mass is 896 g/mol. The number of fused-ring (bicyclic) bond motifs is 10. The lowest BCUT2D eigenvalue weighted by molar-refractivity contribution is -0.186. The Hall–Kier alpha value is -0.520. The van der Waals surface area contributed by atoms with Crippen LogP contribution in [0.5, 0.6) is 0 Å². The maximum Gasteiger partial charge on any atom is 0.305 e. The molecule has 0 radical (unpaired) electrons. The molecule has 19 atom stereocenters. The molecule has 10 heteroatoms. The first-order valence-electron chi connectivity index (χ1n) is 21.7. The lowest BCUT2D eigenvalue weighted by Crippen LogP contribution is -2.59. The van der Waals surface area contributed by atoms with Crippen LogP contribution in [0, 0.1) is 63.1 Å². The second-order valence-electron chi connectivity index (χ2n) is 20.3. The van der Waals surface area contributed by atoms with Gasteiger partial charge in [0, 0.05) is 38.4 Å². The summed E-state index contributed by atoms with van der Waals surface area (Å²) in [6.45, 7) is 12.9.